The fourth-order valence-electron chi connectivity index (χ4n) is 2.46. The van der Waals surface area contributed by atoms with Crippen LogP contribution in [0.2, 0.25) is 0 Å². The van der Waals surface area contributed by atoms with Gasteiger partial charge in [0.2, 0.25) is 0 Å². The SMILES string of the molecule is NNC(CC1Cc2ccccc21)c1csnn1. The zero-order chi connectivity index (χ0) is 11.7. The molecule has 17 heavy (non-hydrogen) atoms. The van der Waals surface area contributed by atoms with Gasteiger partial charge in [0.25, 0.3) is 0 Å². The molecule has 1 aromatic heterocycles. The van der Waals surface area contributed by atoms with Gasteiger partial charge in [0, 0.05) is 5.38 Å². The van der Waals surface area contributed by atoms with E-state index in [4.69, 9.17) is 5.84 Å². The first kappa shape index (κ1) is 10.8. The number of hydrogen-bond acceptors (Lipinski definition) is 5. The van der Waals surface area contributed by atoms with Crippen LogP contribution in [0, 0.1) is 0 Å². The van der Waals surface area contributed by atoms with Gasteiger partial charge in [-0.05, 0) is 41.4 Å². The zero-order valence-corrected chi connectivity index (χ0v) is 10.2. The molecule has 0 bridgehead atoms. The van der Waals surface area contributed by atoms with E-state index >= 15 is 0 Å². The first-order valence-corrected chi connectivity index (χ1v) is 6.53. The molecule has 0 radical (unpaired) electrons. The van der Waals surface area contributed by atoms with Crippen molar-refractivity contribution in [2.24, 2.45) is 5.84 Å². The van der Waals surface area contributed by atoms with Crippen LogP contribution in [0.1, 0.15) is 35.2 Å². The summed E-state index contributed by atoms with van der Waals surface area (Å²) in [6.45, 7) is 0. The lowest BCUT2D eigenvalue weighted by Gasteiger charge is -2.32. The second-order valence-electron chi connectivity index (χ2n) is 4.38. The van der Waals surface area contributed by atoms with E-state index in [2.05, 4.69) is 39.3 Å². The van der Waals surface area contributed by atoms with Crippen LogP contribution in [0.25, 0.3) is 0 Å². The molecular weight excluding hydrogens is 232 g/mol. The standard InChI is InChI=1S/C12H14N4S/c13-14-11(12-7-17-16-15-12)6-9-5-8-3-1-2-4-10(8)9/h1-4,7,9,11,14H,5-6,13H2. The third-order valence-corrected chi connectivity index (χ3v) is 3.94. The maximum atomic E-state index is 5.60. The van der Waals surface area contributed by atoms with E-state index in [1.165, 1.54) is 22.7 Å². The summed E-state index contributed by atoms with van der Waals surface area (Å²) in [5, 5.41) is 6.03. The second-order valence-corrected chi connectivity index (χ2v) is 4.99. The second kappa shape index (κ2) is 4.52. The molecule has 1 aliphatic carbocycles. The van der Waals surface area contributed by atoms with Crippen LogP contribution in [-0.2, 0) is 6.42 Å². The lowest BCUT2D eigenvalue weighted by atomic mass is 9.74. The van der Waals surface area contributed by atoms with Crippen LogP contribution >= 0.6 is 11.5 Å². The average molecular weight is 246 g/mol. The highest BCUT2D eigenvalue weighted by Gasteiger charge is 2.28. The Morgan fingerprint density at radius 3 is 3.06 bits per heavy atom. The minimum Gasteiger partial charge on any atom is -0.271 e. The summed E-state index contributed by atoms with van der Waals surface area (Å²) in [7, 11) is 0. The number of fused-ring (bicyclic) bond motifs is 1. The van der Waals surface area contributed by atoms with Crippen molar-refractivity contribution in [2.45, 2.75) is 24.8 Å². The number of nitrogens with zero attached hydrogens (tertiary/aromatic N) is 2. The monoisotopic (exact) mass is 246 g/mol. The molecule has 2 atom stereocenters. The summed E-state index contributed by atoms with van der Waals surface area (Å²) in [6.07, 6.45) is 2.13. The molecule has 1 heterocycles. The molecule has 2 unspecified atom stereocenters. The van der Waals surface area contributed by atoms with Crippen molar-refractivity contribution < 1.29 is 0 Å². The van der Waals surface area contributed by atoms with Crippen molar-refractivity contribution in [3.8, 4) is 0 Å². The normalized spacial score (nSPS) is 19.5. The number of nitrogens with one attached hydrogen (secondary N) is 1. The van der Waals surface area contributed by atoms with E-state index in [0.29, 0.717) is 5.92 Å². The van der Waals surface area contributed by atoms with Gasteiger partial charge < -0.3 is 0 Å². The van der Waals surface area contributed by atoms with Crippen molar-refractivity contribution >= 4 is 11.5 Å². The lowest BCUT2D eigenvalue weighted by Crippen LogP contribution is -2.31. The van der Waals surface area contributed by atoms with E-state index in [9.17, 15) is 0 Å². The topological polar surface area (TPSA) is 63.8 Å². The molecule has 2 aromatic rings. The number of hydrogen-bond donors (Lipinski definition) is 2. The Morgan fingerprint density at radius 2 is 2.35 bits per heavy atom. The summed E-state index contributed by atoms with van der Waals surface area (Å²) < 4.78 is 3.88. The highest BCUT2D eigenvalue weighted by molar-refractivity contribution is 7.03. The van der Waals surface area contributed by atoms with Crippen LogP contribution in [0.15, 0.2) is 29.6 Å². The Balaban J connectivity index is 1.73. The number of hydrazine groups is 1. The van der Waals surface area contributed by atoms with Gasteiger partial charge in [-0.25, -0.2) is 0 Å². The number of nitrogens with two attached hydrogens (primary N) is 1. The van der Waals surface area contributed by atoms with Crippen molar-refractivity contribution in [1.82, 2.24) is 15.0 Å². The molecule has 4 nitrogen and oxygen atoms in total. The Labute approximate surface area is 104 Å². The maximum absolute atomic E-state index is 5.60. The summed E-state index contributed by atoms with van der Waals surface area (Å²) in [5.41, 5.74) is 6.70. The van der Waals surface area contributed by atoms with Crippen LogP contribution in [0.4, 0.5) is 0 Å². The molecule has 0 spiro atoms. The minimum atomic E-state index is 0.104. The molecule has 0 aliphatic heterocycles. The minimum absolute atomic E-state index is 0.104. The van der Waals surface area contributed by atoms with E-state index in [0.717, 1.165) is 18.5 Å². The van der Waals surface area contributed by atoms with Crippen LogP contribution in [-0.4, -0.2) is 9.59 Å². The smallest absolute Gasteiger partial charge is 0.0938 e. The Kier molecular flexibility index (Phi) is 2.88. The van der Waals surface area contributed by atoms with Crippen LogP contribution in [0.3, 0.4) is 0 Å². The number of rotatable bonds is 4. The molecule has 0 saturated heterocycles. The van der Waals surface area contributed by atoms with Crippen molar-refractivity contribution in [2.75, 3.05) is 0 Å². The zero-order valence-electron chi connectivity index (χ0n) is 9.34. The van der Waals surface area contributed by atoms with Gasteiger partial charge >= 0.3 is 0 Å². The third-order valence-electron chi connectivity index (χ3n) is 3.42. The molecule has 3 N–H and O–H groups in total. The van der Waals surface area contributed by atoms with E-state index in [1.54, 1.807) is 0 Å². The highest BCUT2D eigenvalue weighted by atomic mass is 32.1. The van der Waals surface area contributed by atoms with Gasteiger partial charge in [0.05, 0.1) is 11.7 Å². The van der Waals surface area contributed by atoms with Gasteiger partial charge in [-0.2, -0.15) is 0 Å². The van der Waals surface area contributed by atoms with E-state index in [1.807, 2.05) is 5.38 Å². The molecule has 0 saturated carbocycles. The Bertz CT molecular complexity index is 497. The largest absolute Gasteiger partial charge is 0.271 e. The number of benzene rings is 1. The average Bonchev–Trinajstić information content (AvgIpc) is 2.84. The first-order chi connectivity index (χ1) is 8.38. The molecular formula is C12H14N4S. The molecule has 0 fully saturated rings. The predicted molar refractivity (Wildman–Crippen MR) is 67.5 cm³/mol. The maximum Gasteiger partial charge on any atom is 0.0938 e. The van der Waals surface area contributed by atoms with Crippen molar-refractivity contribution in [3.05, 3.63) is 46.5 Å². The first-order valence-electron chi connectivity index (χ1n) is 5.69. The van der Waals surface area contributed by atoms with Gasteiger partial charge in [-0.1, -0.05) is 28.8 Å². The predicted octanol–water partition coefficient (Wildman–Crippen LogP) is 1.77. The third kappa shape index (κ3) is 1.97. The van der Waals surface area contributed by atoms with E-state index < -0.39 is 0 Å². The molecule has 1 aliphatic rings. The molecule has 0 amide bonds. The summed E-state index contributed by atoms with van der Waals surface area (Å²) >= 11 is 1.36. The van der Waals surface area contributed by atoms with E-state index in [-0.39, 0.29) is 6.04 Å². The Hall–Kier alpha value is -1.30. The number of aromatic nitrogens is 2. The summed E-state index contributed by atoms with van der Waals surface area (Å²) in [6, 6.07) is 8.70. The Morgan fingerprint density at radius 1 is 1.47 bits per heavy atom. The molecule has 3 rings (SSSR count). The van der Waals surface area contributed by atoms with Gasteiger partial charge in [0.15, 0.2) is 0 Å². The summed E-state index contributed by atoms with van der Waals surface area (Å²) in [5.74, 6) is 6.19. The molecule has 1 aromatic carbocycles. The fraction of sp³-hybridized carbons (Fsp3) is 0.333. The van der Waals surface area contributed by atoms with Crippen LogP contribution < -0.4 is 11.3 Å². The summed E-state index contributed by atoms with van der Waals surface area (Å²) in [4.78, 5) is 0. The van der Waals surface area contributed by atoms with Crippen molar-refractivity contribution in [3.63, 3.8) is 0 Å². The lowest BCUT2D eigenvalue weighted by molar-refractivity contribution is 0.428. The van der Waals surface area contributed by atoms with Crippen molar-refractivity contribution in [1.29, 1.82) is 0 Å². The highest BCUT2D eigenvalue weighted by Crippen LogP contribution is 2.40. The van der Waals surface area contributed by atoms with Gasteiger partial charge in [0.1, 0.15) is 0 Å². The molecule has 5 heteroatoms. The quantitative estimate of drug-likeness (QED) is 0.637. The van der Waals surface area contributed by atoms with Gasteiger partial charge in [-0.3, -0.25) is 11.3 Å². The fourth-order valence-corrected chi connectivity index (χ4v) is 2.96. The van der Waals surface area contributed by atoms with Gasteiger partial charge in [-0.15, -0.1) is 5.10 Å². The van der Waals surface area contributed by atoms with Crippen LogP contribution in [0.5, 0.6) is 0 Å². The molecule has 88 valence electrons.